The molecule has 1 aromatic heterocycles. The highest BCUT2D eigenvalue weighted by Gasteiger charge is 2.29. The summed E-state index contributed by atoms with van der Waals surface area (Å²) in [5.41, 5.74) is 1.17. The van der Waals surface area contributed by atoms with Crippen molar-refractivity contribution in [3.05, 3.63) is 36.2 Å². The molecule has 2 amide bonds. The summed E-state index contributed by atoms with van der Waals surface area (Å²) >= 11 is 0. The molecule has 0 spiro atoms. The van der Waals surface area contributed by atoms with Gasteiger partial charge in [0.1, 0.15) is 6.33 Å². The second kappa shape index (κ2) is 5.12. The Morgan fingerprint density at radius 2 is 1.90 bits per heavy atom. The number of rotatable bonds is 4. The van der Waals surface area contributed by atoms with E-state index in [0.717, 1.165) is 12.8 Å². The molecule has 1 aliphatic carbocycles. The normalized spacial score (nSPS) is 13.8. The Hall–Kier alpha value is -2.70. The molecule has 2 aromatic rings. The minimum Gasteiger partial charge on any atom is -0.326 e. The van der Waals surface area contributed by atoms with Crippen LogP contribution in [-0.2, 0) is 4.79 Å². The van der Waals surface area contributed by atoms with Crippen LogP contribution >= 0.6 is 0 Å². The van der Waals surface area contributed by atoms with Crippen molar-refractivity contribution < 1.29 is 9.59 Å². The Morgan fingerprint density at radius 1 is 1.15 bits per heavy atom. The van der Waals surface area contributed by atoms with Gasteiger partial charge in [-0.15, -0.1) is 0 Å². The second-order valence-corrected chi connectivity index (χ2v) is 4.63. The van der Waals surface area contributed by atoms with Crippen molar-refractivity contribution in [3.8, 4) is 0 Å². The summed E-state index contributed by atoms with van der Waals surface area (Å²) in [7, 11) is 0. The maximum absolute atomic E-state index is 11.9. The summed E-state index contributed by atoms with van der Waals surface area (Å²) in [5.74, 6) is 0.205. The molecule has 102 valence electrons. The molecule has 0 radical (unpaired) electrons. The van der Waals surface area contributed by atoms with Crippen molar-refractivity contribution in [1.82, 2.24) is 15.2 Å². The van der Waals surface area contributed by atoms with Crippen LogP contribution in [0.2, 0.25) is 0 Å². The molecule has 0 aliphatic heterocycles. The van der Waals surface area contributed by atoms with E-state index in [1.54, 1.807) is 24.3 Å². The lowest BCUT2D eigenvalue weighted by Crippen LogP contribution is -2.15. The third-order valence-electron chi connectivity index (χ3n) is 3.01. The molecule has 3 rings (SSSR count). The summed E-state index contributed by atoms with van der Waals surface area (Å²) in [6.07, 6.45) is 3.24. The van der Waals surface area contributed by atoms with Gasteiger partial charge in [-0.2, -0.15) is 10.1 Å². The molecule has 1 saturated carbocycles. The zero-order valence-corrected chi connectivity index (χ0v) is 10.6. The quantitative estimate of drug-likeness (QED) is 0.782. The first-order chi connectivity index (χ1) is 9.72. The molecule has 1 aliphatic rings. The summed E-state index contributed by atoms with van der Waals surface area (Å²) in [6.45, 7) is 0. The van der Waals surface area contributed by atoms with E-state index >= 15 is 0 Å². The van der Waals surface area contributed by atoms with Crippen LogP contribution in [0, 0.1) is 5.92 Å². The Kier molecular flexibility index (Phi) is 3.16. The lowest BCUT2D eigenvalue weighted by molar-refractivity contribution is -0.117. The van der Waals surface area contributed by atoms with Gasteiger partial charge in [0.2, 0.25) is 11.9 Å². The molecule has 0 saturated heterocycles. The van der Waals surface area contributed by atoms with E-state index in [-0.39, 0.29) is 17.7 Å². The summed E-state index contributed by atoms with van der Waals surface area (Å²) in [6, 6.07) is 6.70. The number of aromatic nitrogens is 3. The first-order valence-corrected chi connectivity index (χ1v) is 6.30. The van der Waals surface area contributed by atoms with Gasteiger partial charge in [-0.25, -0.2) is 5.10 Å². The topological polar surface area (TPSA) is 99.8 Å². The first-order valence-electron chi connectivity index (χ1n) is 6.30. The van der Waals surface area contributed by atoms with Crippen LogP contribution < -0.4 is 10.6 Å². The van der Waals surface area contributed by atoms with E-state index in [2.05, 4.69) is 25.8 Å². The Bertz CT molecular complexity index is 617. The molecule has 0 bridgehead atoms. The SMILES string of the molecule is O=C(Nc1ncn[nH]1)c1ccc(NC(=O)C2CC2)cc1. The van der Waals surface area contributed by atoms with Crippen LogP contribution in [0.5, 0.6) is 0 Å². The first kappa shape index (κ1) is 12.3. The zero-order chi connectivity index (χ0) is 13.9. The third kappa shape index (κ3) is 2.82. The highest BCUT2D eigenvalue weighted by molar-refractivity contribution is 6.03. The van der Waals surface area contributed by atoms with Crippen molar-refractivity contribution in [2.75, 3.05) is 10.6 Å². The predicted octanol–water partition coefficient (Wildman–Crippen LogP) is 1.41. The molecule has 20 heavy (non-hydrogen) atoms. The highest BCUT2D eigenvalue weighted by Crippen LogP contribution is 2.30. The smallest absolute Gasteiger partial charge is 0.258 e. The van der Waals surface area contributed by atoms with Crippen LogP contribution in [0.15, 0.2) is 30.6 Å². The molecule has 1 heterocycles. The van der Waals surface area contributed by atoms with E-state index in [1.807, 2.05) is 0 Å². The maximum Gasteiger partial charge on any atom is 0.258 e. The fourth-order valence-electron chi connectivity index (χ4n) is 1.74. The fraction of sp³-hybridized carbons (Fsp3) is 0.231. The number of aromatic amines is 1. The van der Waals surface area contributed by atoms with E-state index in [0.29, 0.717) is 17.2 Å². The van der Waals surface area contributed by atoms with Crippen molar-refractivity contribution >= 4 is 23.5 Å². The van der Waals surface area contributed by atoms with Crippen LogP contribution in [0.4, 0.5) is 11.6 Å². The standard InChI is InChI=1S/C13H13N5O2/c19-11(8-1-2-8)16-10-5-3-9(4-6-10)12(20)17-13-14-7-15-18-13/h3-8H,1-2H2,(H,16,19)(H2,14,15,17,18,20). The third-order valence-corrected chi connectivity index (χ3v) is 3.01. The van der Waals surface area contributed by atoms with Gasteiger partial charge in [0.05, 0.1) is 0 Å². The highest BCUT2D eigenvalue weighted by atomic mass is 16.2. The zero-order valence-electron chi connectivity index (χ0n) is 10.6. The minimum atomic E-state index is -0.290. The molecule has 1 fully saturated rings. The second-order valence-electron chi connectivity index (χ2n) is 4.63. The van der Waals surface area contributed by atoms with Gasteiger partial charge in [-0.05, 0) is 37.1 Å². The van der Waals surface area contributed by atoms with Gasteiger partial charge in [0, 0.05) is 17.2 Å². The largest absolute Gasteiger partial charge is 0.326 e. The van der Waals surface area contributed by atoms with Crippen LogP contribution in [-0.4, -0.2) is 27.0 Å². The van der Waals surface area contributed by atoms with Crippen molar-refractivity contribution in [2.45, 2.75) is 12.8 Å². The Balaban J connectivity index is 1.63. The van der Waals surface area contributed by atoms with Gasteiger partial charge in [0.25, 0.3) is 5.91 Å². The van der Waals surface area contributed by atoms with Gasteiger partial charge < -0.3 is 5.32 Å². The molecule has 7 heteroatoms. The summed E-state index contributed by atoms with van der Waals surface area (Å²) in [5, 5.41) is 11.6. The number of nitrogens with zero attached hydrogens (tertiary/aromatic N) is 2. The van der Waals surface area contributed by atoms with E-state index < -0.39 is 0 Å². The van der Waals surface area contributed by atoms with Crippen LogP contribution in [0.25, 0.3) is 0 Å². The average molecular weight is 271 g/mol. The molecule has 3 N–H and O–H groups in total. The molecular formula is C13H13N5O2. The van der Waals surface area contributed by atoms with Gasteiger partial charge in [-0.3, -0.25) is 14.9 Å². The van der Waals surface area contributed by atoms with E-state index in [4.69, 9.17) is 0 Å². The number of benzene rings is 1. The molecule has 1 aromatic carbocycles. The monoisotopic (exact) mass is 271 g/mol. The number of anilines is 2. The van der Waals surface area contributed by atoms with Crippen LogP contribution in [0.3, 0.4) is 0 Å². The van der Waals surface area contributed by atoms with Gasteiger partial charge in [0.15, 0.2) is 0 Å². The fourth-order valence-corrected chi connectivity index (χ4v) is 1.74. The lowest BCUT2D eigenvalue weighted by Gasteiger charge is -2.05. The number of hydrogen-bond donors (Lipinski definition) is 3. The summed E-state index contributed by atoms with van der Waals surface area (Å²) in [4.78, 5) is 27.3. The number of amides is 2. The molecule has 7 nitrogen and oxygen atoms in total. The van der Waals surface area contributed by atoms with Gasteiger partial charge in [-0.1, -0.05) is 0 Å². The predicted molar refractivity (Wildman–Crippen MR) is 72.1 cm³/mol. The molecule has 0 unspecified atom stereocenters. The van der Waals surface area contributed by atoms with E-state index in [1.165, 1.54) is 6.33 Å². The van der Waals surface area contributed by atoms with Crippen LogP contribution in [0.1, 0.15) is 23.2 Å². The van der Waals surface area contributed by atoms with Gasteiger partial charge >= 0.3 is 0 Å². The van der Waals surface area contributed by atoms with Crippen molar-refractivity contribution in [2.24, 2.45) is 5.92 Å². The number of nitrogens with one attached hydrogen (secondary N) is 3. The average Bonchev–Trinajstić information content (AvgIpc) is 3.19. The lowest BCUT2D eigenvalue weighted by atomic mass is 10.2. The maximum atomic E-state index is 11.9. The number of H-pyrrole nitrogens is 1. The Morgan fingerprint density at radius 3 is 2.50 bits per heavy atom. The van der Waals surface area contributed by atoms with E-state index in [9.17, 15) is 9.59 Å². The molecular weight excluding hydrogens is 258 g/mol. The van der Waals surface area contributed by atoms with Crippen molar-refractivity contribution in [3.63, 3.8) is 0 Å². The Labute approximate surface area is 114 Å². The van der Waals surface area contributed by atoms with Crippen molar-refractivity contribution in [1.29, 1.82) is 0 Å². The number of hydrogen-bond acceptors (Lipinski definition) is 4. The molecule has 0 atom stereocenters. The minimum absolute atomic E-state index is 0.0452. The summed E-state index contributed by atoms with van der Waals surface area (Å²) < 4.78 is 0. The number of carbonyl (C=O) groups excluding carboxylic acids is 2. The number of carbonyl (C=O) groups is 2.